The lowest BCUT2D eigenvalue weighted by atomic mass is 9.93. The minimum atomic E-state index is -0.215. The molecule has 0 amide bonds. The van der Waals surface area contributed by atoms with Crippen LogP contribution in [0.2, 0.25) is 0 Å². The molecule has 0 fully saturated rings. The highest BCUT2D eigenvalue weighted by molar-refractivity contribution is 5.89. The molecule has 3 nitrogen and oxygen atoms in total. The standard InChI is InChI=1S/C14H15NO2/c1-3-10(14(16)17-2)11-6-4-8-13-12(11)7-5-9-15-13/h4-10H,3H2,1-2H3. The molecule has 0 aliphatic carbocycles. The highest BCUT2D eigenvalue weighted by Gasteiger charge is 2.21. The molecule has 1 aromatic carbocycles. The molecule has 1 unspecified atom stereocenters. The van der Waals surface area contributed by atoms with Crippen LogP contribution in [-0.2, 0) is 9.53 Å². The smallest absolute Gasteiger partial charge is 0.313 e. The average Bonchev–Trinajstić information content (AvgIpc) is 2.39. The van der Waals surface area contributed by atoms with Crippen molar-refractivity contribution in [3.63, 3.8) is 0 Å². The number of ether oxygens (including phenoxy) is 1. The summed E-state index contributed by atoms with van der Waals surface area (Å²) in [5.41, 5.74) is 1.90. The number of rotatable bonds is 3. The first-order chi connectivity index (χ1) is 8.27. The number of hydrogen-bond donors (Lipinski definition) is 0. The largest absolute Gasteiger partial charge is 0.469 e. The maximum absolute atomic E-state index is 11.7. The fraction of sp³-hybridized carbons (Fsp3) is 0.286. The SMILES string of the molecule is CCC(C(=O)OC)c1cccc2ncccc12. The van der Waals surface area contributed by atoms with Crippen molar-refractivity contribution >= 4 is 16.9 Å². The Labute approximate surface area is 100 Å². The minimum absolute atomic E-state index is 0.191. The summed E-state index contributed by atoms with van der Waals surface area (Å²) in [4.78, 5) is 16.0. The quantitative estimate of drug-likeness (QED) is 0.760. The van der Waals surface area contributed by atoms with Crippen molar-refractivity contribution in [1.82, 2.24) is 4.98 Å². The monoisotopic (exact) mass is 229 g/mol. The predicted octanol–water partition coefficient (Wildman–Crippen LogP) is 2.90. The Morgan fingerprint density at radius 3 is 2.88 bits per heavy atom. The van der Waals surface area contributed by atoms with Gasteiger partial charge < -0.3 is 4.74 Å². The zero-order valence-electron chi connectivity index (χ0n) is 10.0. The molecule has 1 heterocycles. The van der Waals surface area contributed by atoms with Gasteiger partial charge in [0.2, 0.25) is 0 Å². The highest BCUT2D eigenvalue weighted by atomic mass is 16.5. The molecule has 17 heavy (non-hydrogen) atoms. The number of carbonyl (C=O) groups excluding carboxylic acids is 1. The van der Waals surface area contributed by atoms with Gasteiger partial charge in [-0.2, -0.15) is 0 Å². The predicted molar refractivity (Wildman–Crippen MR) is 66.8 cm³/mol. The lowest BCUT2D eigenvalue weighted by molar-refractivity contribution is -0.142. The van der Waals surface area contributed by atoms with E-state index in [1.54, 1.807) is 6.20 Å². The number of fused-ring (bicyclic) bond motifs is 1. The maximum Gasteiger partial charge on any atom is 0.313 e. The summed E-state index contributed by atoms with van der Waals surface area (Å²) < 4.78 is 4.85. The number of methoxy groups -OCH3 is 1. The minimum Gasteiger partial charge on any atom is -0.469 e. The van der Waals surface area contributed by atoms with Crippen molar-refractivity contribution in [2.24, 2.45) is 0 Å². The molecular weight excluding hydrogens is 214 g/mol. The van der Waals surface area contributed by atoms with Gasteiger partial charge in [0.05, 0.1) is 18.5 Å². The van der Waals surface area contributed by atoms with Gasteiger partial charge in [-0.3, -0.25) is 9.78 Å². The van der Waals surface area contributed by atoms with Crippen molar-refractivity contribution in [3.8, 4) is 0 Å². The van der Waals surface area contributed by atoms with Crippen LogP contribution in [0.1, 0.15) is 24.8 Å². The van der Waals surface area contributed by atoms with Crippen LogP contribution in [0.25, 0.3) is 10.9 Å². The van der Waals surface area contributed by atoms with Crippen LogP contribution in [-0.4, -0.2) is 18.1 Å². The van der Waals surface area contributed by atoms with E-state index in [-0.39, 0.29) is 11.9 Å². The molecule has 0 aliphatic heterocycles. The molecule has 2 rings (SSSR count). The number of hydrogen-bond acceptors (Lipinski definition) is 3. The Morgan fingerprint density at radius 1 is 1.35 bits per heavy atom. The first-order valence-corrected chi connectivity index (χ1v) is 5.69. The van der Waals surface area contributed by atoms with Crippen LogP contribution >= 0.6 is 0 Å². The van der Waals surface area contributed by atoms with E-state index in [1.165, 1.54) is 7.11 Å². The van der Waals surface area contributed by atoms with E-state index in [1.807, 2.05) is 37.3 Å². The van der Waals surface area contributed by atoms with Crippen LogP contribution < -0.4 is 0 Å². The van der Waals surface area contributed by atoms with Gasteiger partial charge in [-0.05, 0) is 24.1 Å². The van der Waals surface area contributed by atoms with Gasteiger partial charge in [0.1, 0.15) is 0 Å². The zero-order valence-corrected chi connectivity index (χ0v) is 10.0. The molecular formula is C14H15NO2. The van der Waals surface area contributed by atoms with Gasteiger partial charge in [0.25, 0.3) is 0 Å². The molecule has 0 aliphatic rings. The lowest BCUT2D eigenvalue weighted by Gasteiger charge is -2.14. The number of benzene rings is 1. The van der Waals surface area contributed by atoms with Crippen LogP contribution in [0.4, 0.5) is 0 Å². The normalized spacial score (nSPS) is 12.4. The van der Waals surface area contributed by atoms with E-state index >= 15 is 0 Å². The van der Waals surface area contributed by atoms with E-state index < -0.39 is 0 Å². The molecule has 0 saturated heterocycles. The number of pyridine rings is 1. The summed E-state index contributed by atoms with van der Waals surface area (Å²) in [7, 11) is 1.42. The van der Waals surface area contributed by atoms with Crippen molar-refractivity contribution in [1.29, 1.82) is 0 Å². The number of nitrogens with zero attached hydrogens (tertiary/aromatic N) is 1. The summed E-state index contributed by atoms with van der Waals surface area (Å²) in [6, 6.07) is 9.72. The Kier molecular flexibility index (Phi) is 3.38. The first-order valence-electron chi connectivity index (χ1n) is 5.69. The van der Waals surface area contributed by atoms with Crippen LogP contribution in [0, 0.1) is 0 Å². The fourth-order valence-electron chi connectivity index (χ4n) is 2.09. The van der Waals surface area contributed by atoms with Gasteiger partial charge in [0, 0.05) is 11.6 Å². The van der Waals surface area contributed by atoms with E-state index in [0.29, 0.717) is 0 Å². The Balaban J connectivity index is 2.57. The van der Waals surface area contributed by atoms with Gasteiger partial charge in [-0.25, -0.2) is 0 Å². The van der Waals surface area contributed by atoms with E-state index in [4.69, 9.17) is 4.74 Å². The summed E-state index contributed by atoms with van der Waals surface area (Å²) in [6.45, 7) is 1.98. The fourth-order valence-corrected chi connectivity index (χ4v) is 2.09. The molecule has 1 atom stereocenters. The van der Waals surface area contributed by atoms with E-state index in [0.717, 1.165) is 22.9 Å². The third kappa shape index (κ3) is 2.13. The second kappa shape index (κ2) is 4.95. The van der Waals surface area contributed by atoms with Crippen LogP contribution in [0.15, 0.2) is 36.5 Å². The van der Waals surface area contributed by atoms with Crippen LogP contribution in [0.5, 0.6) is 0 Å². The summed E-state index contributed by atoms with van der Waals surface area (Å²) >= 11 is 0. The number of esters is 1. The third-order valence-corrected chi connectivity index (χ3v) is 2.95. The van der Waals surface area contributed by atoms with Crippen molar-refractivity contribution < 1.29 is 9.53 Å². The molecule has 3 heteroatoms. The van der Waals surface area contributed by atoms with E-state index in [9.17, 15) is 4.79 Å². The average molecular weight is 229 g/mol. The molecule has 88 valence electrons. The van der Waals surface area contributed by atoms with Crippen molar-refractivity contribution in [2.75, 3.05) is 7.11 Å². The lowest BCUT2D eigenvalue weighted by Crippen LogP contribution is -2.13. The zero-order chi connectivity index (χ0) is 12.3. The summed E-state index contributed by atoms with van der Waals surface area (Å²) in [6.07, 6.45) is 2.48. The van der Waals surface area contributed by atoms with Gasteiger partial charge in [0.15, 0.2) is 0 Å². The van der Waals surface area contributed by atoms with Crippen molar-refractivity contribution in [3.05, 3.63) is 42.1 Å². The topological polar surface area (TPSA) is 39.2 Å². The highest BCUT2D eigenvalue weighted by Crippen LogP contribution is 2.27. The van der Waals surface area contributed by atoms with Crippen LogP contribution in [0.3, 0.4) is 0 Å². The second-order valence-corrected chi connectivity index (χ2v) is 3.90. The molecule has 1 aromatic heterocycles. The Bertz CT molecular complexity index is 531. The number of carbonyl (C=O) groups is 1. The van der Waals surface area contributed by atoms with Gasteiger partial charge in [-0.1, -0.05) is 25.1 Å². The van der Waals surface area contributed by atoms with Crippen molar-refractivity contribution in [2.45, 2.75) is 19.3 Å². The Morgan fingerprint density at radius 2 is 2.18 bits per heavy atom. The molecule has 0 saturated carbocycles. The molecule has 0 bridgehead atoms. The summed E-state index contributed by atoms with van der Waals surface area (Å²) in [5, 5.41) is 1.02. The first kappa shape index (κ1) is 11.6. The molecule has 0 spiro atoms. The summed E-state index contributed by atoms with van der Waals surface area (Å²) in [5.74, 6) is -0.406. The van der Waals surface area contributed by atoms with Gasteiger partial charge >= 0.3 is 5.97 Å². The molecule has 2 aromatic rings. The second-order valence-electron chi connectivity index (χ2n) is 3.90. The van der Waals surface area contributed by atoms with Gasteiger partial charge in [-0.15, -0.1) is 0 Å². The van der Waals surface area contributed by atoms with E-state index in [2.05, 4.69) is 4.98 Å². The number of aromatic nitrogens is 1. The maximum atomic E-state index is 11.7. The molecule has 0 N–H and O–H groups in total. The Hall–Kier alpha value is -1.90. The third-order valence-electron chi connectivity index (χ3n) is 2.95. The molecule has 0 radical (unpaired) electrons.